The predicted molar refractivity (Wildman–Crippen MR) is 105 cm³/mol. The van der Waals surface area contributed by atoms with Gasteiger partial charge < -0.3 is 9.88 Å². The summed E-state index contributed by atoms with van der Waals surface area (Å²) in [4.78, 5) is 13.7. The molecule has 26 heavy (non-hydrogen) atoms. The highest BCUT2D eigenvalue weighted by molar-refractivity contribution is 7.99. The predicted octanol–water partition coefficient (Wildman–Crippen LogP) is 3.79. The number of carbonyl (C=O) groups excluding carboxylic acids is 1. The largest absolute Gasteiger partial charge is 0.316 e. The lowest BCUT2D eigenvalue weighted by atomic mass is 9.96. The molecule has 0 unspecified atom stereocenters. The van der Waals surface area contributed by atoms with Crippen LogP contribution in [0, 0.1) is 24.2 Å². The number of thiophene rings is 1. The highest BCUT2D eigenvalue weighted by atomic mass is 32.2. The molecule has 0 atom stereocenters. The Morgan fingerprint density at radius 1 is 1.38 bits per heavy atom. The molecule has 0 fully saturated rings. The van der Waals surface area contributed by atoms with Gasteiger partial charge in [0.15, 0.2) is 5.16 Å². The Balaban J connectivity index is 1.66. The average molecular weight is 390 g/mol. The summed E-state index contributed by atoms with van der Waals surface area (Å²) in [6.45, 7) is 7.04. The highest BCUT2D eigenvalue weighted by Gasteiger charge is 2.22. The van der Waals surface area contributed by atoms with Gasteiger partial charge in [-0.3, -0.25) is 4.79 Å². The van der Waals surface area contributed by atoms with Crippen molar-refractivity contribution in [3.05, 3.63) is 21.8 Å². The van der Waals surface area contributed by atoms with E-state index in [2.05, 4.69) is 35.4 Å². The van der Waals surface area contributed by atoms with Gasteiger partial charge in [0.05, 0.1) is 11.3 Å². The molecule has 3 rings (SSSR count). The fraction of sp³-hybridized carbons (Fsp3) is 0.556. The molecule has 0 spiro atoms. The van der Waals surface area contributed by atoms with Gasteiger partial charge in [0.1, 0.15) is 16.9 Å². The molecule has 0 radical (unpaired) electrons. The van der Waals surface area contributed by atoms with Gasteiger partial charge in [0.2, 0.25) is 5.91 Å². The van der Waals surface area contributed by atoms with Crippen molar-refractivity contribution in [2.45, 2.75) is 58.2 Å². The van der Waals surface area contributed by atoms with E-state index in [0.29, 0.717) is 16.5 Å². The first-order valence-electron chi connectivity index (χ1n) is 8.86. The summed E-state index contributed by atoms with van der Waals surface area (Å²) in [6, 6.07) is 2.28. The van der Waals surface area contributed by atoms with Crippen molar-refractivity contribution < 1.29 is 4.79 Å². The summed E-state index contributed by atoms with van der Waals surface area (Å²) in [5, 5.41) is 22.2. The fourth-order valence-corrected chi connectivity index (χ4v) is 5.16. The van der Waals surface area contributed by atoms with E-state index in [4.69, 9.17) is 0 Å². The van der Waals surface area contributed by atoms with E-state index >= 15 is 0 Å². The Bertz CT molecular complexity index is 847. The van der Waals surface area contributed by atoms with Gasteiger partial charge in [-0.15, -0.1) is 21.5 Å². The van der Waals surface area contributed by atoms with Crippen LogP contribution >= 0.6 is 23.1 Å². The lowest BCUT2D eigenvalue weighted by molar-refractivity contribution is -0.113. The topological polar surface area (TPSA) is 83.6 Å². The van der Waals surface area contributed by atoms with Crippen molar-refractivity contribution in [1.29, 1.82) is 5.26 Å². The van der Waals surface area contributed by atoms with E-state index < -0.39 is 0 Å². The van der Waals surface area contributed by atoms with E-state index in [1.54, 1.807) is 11.3 Å². The molecule has 8 heteroatoms. The Morgan fingerprint density at radius 3 is 2.88 bits per heavy atom. The zero-order valence-electron chi connectivity index (χ0n) is 15.3. The van der Waals surface area contributed by atoms with Gasteiger partial charge in [-0.05, 0) is 44.1 Å². The van der Waals surface area contributed by atoms with Gasteiger partial charge in [0, 0.05) is 11.4 Å². The first-order chi connectivity index (χ1) is 12.5. The molecule has 0 bridgehead atoms. The van der Waals surface area contributed by atoms with Crippen LogP contribution in [-0.4, -0.2) is 26.4 Å². The number of hydrogen-bond acceptors (Lipinski definition) is 6. The van der Waals surface area contributed by atoms with Gasteiger partial charge in [-0.2, -0.15) is 5.26 Å². The van der Waals surface area contributed by atoms with Crippen LogP contribution in [0.15, 0.2) is 5.16 Å². The molecule has 0 aliphatic heterocycles. The van der Waals surface area contributed by atoms with Gasteiger partial charge in [-0.25, -0.2) is 0 Å². The molecule has 1 aliphatic rings. The number of rotatable bonds is 6. The monoisotopic (exact) mass is 389 g/mol. The third kappa shape index (κ3) is 4.10. The molecule has 0 saturated carbocycles. The van der Waals surface area contributed by atoms with Crippen LogP contribution in [0.4, 0.5) is 5.00 Å². The van der Waals surface area contributed by atoms with Crippen LogP contribution in [0.1, 0.15) is 48.5 Å². The minimum Gasteiger partial charge on any atom is -0.316 e. The summed E-state index contributed by atoms with van der Waals surface area (Å²) < 4.78 is 2.05. The van der Waals surface area contributed by atoms with Crippen LogP contribution < -0.4 is 5.32 Å². The summed E-state index contributed by atoms with van der Waals surface area (Å²) in [5.41, 5.74) is 1.79. The molecule has 0 aromatic carbocycles. The number of nitriles is 1. The van der Waals surface area contributed by atoms with Crippen molar-refractivity contribution >= 4 is 34.0 Å². The first kappa shape index (κ1) is 18.9. The van der Waals surface area contributed by atoms with Gasteiger partial charge in [-0.1, -0.05) is 25.6 Å². The second-order valence-electron chi connectivity index (χ2n) is 6.90. The molecule has 0 saturated heterocycles. The quantitative estimate of drug-likeness (QED) is 0.760. The Labute approximate surface area is 162 Å². The standard InChI is InChI=1S/C18H23N5OS2/c1-11(2)9-23-12(3)21-22-18(23)25-10-16(24)20-17-14(8-19)13-6-4-5-7-15(13)26-17/h11H,4-7,9-10H2,1-3H3,(H,20,24). The molecule has 2 heterocycles. The summed E-state index contributed by atoms with van der Waals surface area (Å²) in [7, 11) is 0. The van der Waals surface area contributed by atoms with Crippen LogP contribution in [0.25, 0.3) is 0 Å². The molecule has 1 N–H and O–H groups in total. The number of aryl methyl sites for hydroxylation is 2. The van der Waals surface area contributed by atoms with E-state index in [-0.39, 0.29) is 11.7 Å². The smallest absolute Gasteiger partial charge is 0.235 e. The lowest BCUT2D eigenvalue weighted by Crippen LogP contribution is -2.15. The molecule has 1 aliphatic carbocycles. The number of aromatic nitrogens is 3. The second-order valence-corrected chi connectivity index (χ2v) is 8.95. The maximum absolute atomic E-state index is 12.4. The average Bonchev–Trinajstić information content (AvgIpc) is 3.13. The number of fused-ring (bicyclic) bond motifs is 1. The zero-order chi connectivity index (χ0) is 18.7. The van der Waals surface area contributed by atoms with Crippen LogP contribution in [0.3, 0.4) is 0 Å². The van der Waals surface area contributed by atoms with Crippen LogP contribution in [0.2, 0.25) is 0 Å². The Hall–Kier alpha value is -1.85. The summed E-state index contributed by atoms with van der Waals surface area (Å²) in [6.07, 6.45) is 4.23. The Kier molecular flexibility index (Phi) is 5.99. The number of nitrogens with one attached hydrogen (secondary N) is 1. The van der Waals surface area contributed by atoms with Gasteiger partial charge >= 0.3 is 0 Å². The van der Waals surface area contributed by atoms with E-state index in [9.17, 15) is 10.1 Å². The minimum absolute atomic E-state index is 0.109. The zero-order valence-corrected chi connectivity index (χ0v) is 17.0. The van der Waals surface area contributed by atoms with Crippen molar-refractivity contribution in [2.24, 2.45) is 5.92 Å². The Morgan fingerprint density at radius 2 is 2.15 bits per heavy atom. The third-order valence-corrected chi connectivity index (χ3v) is 6.49. The number of carbonyl (C=O) groups is 1. The lowest BCUT2D eigenvalue weighted by Gasteiger charge is -2.10. The van der Waals surface area contributed by atoms with Crippen molar-refractivity contribution in [1.82, 2.24) is 14.8 Å². The van der Waals surface area contributed by atoms with Crippen molar-refractivity contribution in [2.75, 3.05) is 11.1 Å². The number of hydrogen-bond donors (Lipinski definition) is 1. The van der Waals surface area contributed by atoms with E-state index in [1.165, 1.54) is 16.6 Å². The third-order valence-electron chi connectivity index (χ3n) is 4.32. The maximum Gasteiger partial charge on any atom is 0.235 e. The molecule has 1 amide bonds. The molecular weight excluding hydrogens is 366 g/mol. The first-order valence-corrected chi connectivity index (χ1v) is 10.7. The number of nitrogens with zero attached hydrogens (tertiary/aromatic N) is 4. The summed E-state index contributed by atoms with van der Waals surface area (Å²) >= 11 is 2.94. The molecule has 2 aromatic rings. The number of thioether (sulfide) groups is 1. The number of amides is 1. The minimum atomic E-state index is -0.109. The highest BCUT2D eigenvalue weighted by Crippen LogP contribution is 2.37. The van der Waals surface area contributed by atoms with E-state index in [0.717, 1.165) is 48.8 Å². The fourth-order valence-electron chi connectivity index (χ4n) is 3.11. The molecule has 2 aromatic heterocycles. The number of anilines is 1. The van der Waals surface area contributed by atoms with E-state index in [1.807, 2.05) is 11.5 Å². The van der Waals surface area contributed by atoms with Crippen LogP contribution in [0.5, 0.6) is 0 Å². The van der Waals surface area contributed by atoms with Gasteiger partial charge in [0.25, 0.3) is 0 Å². The van der Waals surface area contributed by atoms with Crippen molar-refractivity contribution in [3.63, 3.8) is 0 Å². The second kappa shape index (κ2) is 8.23. The SMILES string of the molecule is Cc1nnc(SCC(=O)Nc2sc3c(c2C#N)CCCC3)n1CC(C)C. The van der Waals surface area contributed by atoms with Crippen LogP contribution in [-0.2, 0) is 24.2 Å². The van der Waals surface area contributed by atoms with Crippen molar-refractivity contribution in [3.8, 4) is 6.07 Å². The maximum atomic E-state index is 12.4. The normalized spacial score (nSPS) is 13.5. The molecular formula is C18H23N5OS2. The molecule has 6 nitrogen and oxygen atoms in total. The summed E-state index contributed by atoms with van der Waals surface area (Å²) in [5.74, 6) is 1.48. The molecule has 138 valence electrons.